The van der Waals surface area contributed by atoms with E-state index in [-0.39, 0.29) is 6.61 Å². The fraction of sp³-hybridized carbons (Fsp3) is 0.750. The van der Waals surface area contributed by atoms with Crippen molar-refractivity contribution in [2.24, 2.45) is 0 Å². The summed E-state index contributed by atoms with van der Waals surface area (Å²) < 4.78 is 4.82. The van der Waals surface area contributed by atoms with Crippen LogP contribution < -0.4 is 0 Å². The summed E-state index contributed by atoms with van der Waals surface area (Å²) in [5, 5.41) is 18.0. The van der Waals surface area contributed by atoms with Crippen LogP contribution in [0.3, 0.4) is 0 Å². The van der Waals surface area contributed by atoms with Crippen LogP contribution in [0.4, 0.5) is 0 Å². The standard InChI is InChI=1S/C8H16O3/c1-6(2)4-7(10)8(5-9)11-3/h7-10H,1,4-5H2,2-3H3/t7-,8+/m1/s1. The van der Waals surface area contributed by atoms with Crippen molar-refractivity contribution < 1.29 is 14.9 Å². The van der Waals surface area contributed by atoms with Crippen molar-refractivity contribution in [2.75, 3.05) is 13.7 Å². The number of aliphatic hydroxyl groups excluding tert-OH is 2. The lowest BCUT2D eigenvalue weighted by atomic mass is 10.1. The van der Waals surface area contributed by atoms with Crippen molar-refractivity contribution in [1.82, 2.24) is 0 Å². The van der Waals surface area contributed by atoms with Gasteiger partial charge in [-0.3, -0.25) is 0 Å². The van der Waals surface area contributed by atoms with Crippen LogP contribution in [0.2, 0.25) is 0 Å². The van der Waals surface area contributed by atoms with Gasteiger partial charge in [0.15, 0.2) is 0 Å². The fourth-order valence-corrected chi connectivity index (χ4v) is 0.842. The molecule has 0 aromatic carbocycles. The second-order valence-corrected chi connectivity index (χ2v) is 2.69. The molecule has 0 aliphatic heterocycles. The van der Waals surface area contributed by atoms with Gasteiger partial charge in [0.2, 0.25) is 0 Å². The molecule has 0 bridgehead atoms. The third-order valence-electron chi connectivity index (χ3n) is 1.47. The average molecular weight is 160 g/mol. The first kappa shape index (κ1) is 10.6. The Kier molecular flexibility index (Phi) is 5.11. The molecule has 0 saturated heterocycles. The Labute approximate surface area is 67.3 Å². The summed E-state index contributed by atoms with van der Waals surface area (Å²) in [5.41, 5.74) is 0.882. The number of hydrogen-bond acceptors (Lipinski definition) is 3. The molecule has 0 unspecified atom stereocenters. The summed E-state index contributed by atoms with van der Waals surface area (Å²) in [6.07, 6.45) is -0.673. The highest BCUT2D eigenvalue weighted by Crippen LogP contribution is 2.07. The molecule has 0 heterocycles. The minimum Gasteiger partial charge on any atom is -0.394 e. The van der Waals surface area contributed by atoms with Crippen molar-refractivity contribution in [3.63, 3.8) is 0 Å². The van der Waals surface area contributed by atoms with Gasteiger partial charge in [-0.15, -0.1) is 6.58 Å². The van der Waals surface area contributed by atoms with Crippen LogP contribution in [0.5, 0.6) is 0 Å². The smallest absolute Gasteiger partial charge is 0.106 e. The summed E-state index contributed by atoms with van der Waals surface area (Å²) in [5.74, 6) is 0. The van der Waals surface area contributed by atoms with Crippen LogP contribution >= 0.6 is 0 Å². The molecule has 66 valence electrons. The molecule has 3 nitrogen and oxygen atoms in total. The lowest BCUT2D eigenvalue weighted by Gasteiger charge is -2.18. The van der Waals surface area contributed by atoms with Crippen molar-refractivity contribution in [2.45, 2.75) is 25.6 Å². The first-order valence-corrected chi connectivity index (χ1v) is 3.58. The highest BCUT2D eigenvalue weighted by Gasteiger charge is 2.16. The summed E-state index contributed by atoms with van der Waals surface area (Å²) in [6, 6.07) is 0. The van der Waals surface area contributed by atoms with Crippen molar-refractivity contribution >= 4 is 0 Å². The molecule has 2 N–H and O–H groups in total. The SMILES string of the molecule is C=C(C)C[C@@H](O)[C@H](CO)OC. The highest BCUT2D eigenvalue weighted by atomic mass is 16.5. The molecule has 3 heteroatoms. The molecule has 0 amide bonds. The van der Waals surface area contributed by atoms with Crippen LogP contribution in [-0.4, -0.2) is 36.1 Å². The maximum atomic E-state index is 9.33. The Morgan fingerprint density at radius 1 is 1.64 bits per heavy atom. The molecule has 0 aliphatic carbocycles. The van der Waals surface area contributed by atoms with E-state index in [2.05, 4.69) is 6.58 Å². The lowest BCUT2D eigenvalue weighted by molar-refractivity contribution is -0.0401. The molecule has 11 heavy (non-hydrogen) atoms. The number of rotatable bonds is 5. The van der Waals surface area contributed by atoms with E-state index < -0.39 is 12.2 Å². The molecule has 0 radical (unpaired) electrons. The van der Waals surface area contributed by atoms with Gasteiger partial charge in [-0.05, 0) is 13.3 Å². The number of ether oxygens (including phenoxy) is 1. The monoisotopic (exact) mass is 160 g/mol. The van der Waals surface area contributed by atoms with Gasteiger partial charge in [-0.1, -0.05) is 5.57 Å². The predicted octanol–water partition coefficient (Wildman–Crippen LogP) is 0.321. The van der Waals surface area contributed by atoms with Crippen molar-refractivity contribution in [3.8, 4) is 0 Å². The largest absolute Gasteiger partial charge is 0.394 e. The van der Waals surface area contributed by atoms with Crippen molar-refractivity contribution in [3.05, 3.63) is 12.2 Å². The average Bonchev–Trinajstić information content (AvgIpc) is 1.88. The molecular weight excluding hydrogens is 144 g/mol. The Hall–Kier alpha value is -0.380. The summed E-state index contributed by atoms with van der Waals surface area (Å²) in [4.78, 5) is 0. The van der Waals surface area contributed by atoms with Gasteiger partial charge in [0.25, 0.3) is 0 Å². The molecule has 0 spiro atoms. The second kappa shape index (κ2) is 5.29. The maximum Gasteiger partial charge on any atom is 0.106 e. The third-order valence-corrected chi connectivity index (χ3v) is 1.47. The zero-order chi connectivity index (χ0) is 8.85. The summed E-state index contributed by atoms with van der Waals surface area (Å²) in [6.45, 7) is 5.31. The van der Waals surface area contributed by atoms with E-state index in [1.54, 1.807) is 0 Å². The van der Waals surface area contributed by atoms with Gasteiger partial charge >= 0.3 is 0 Å². The Bertz CT molecular complexity index is 119. The molecule has 0 saturated carbocycles. The Morgan fingerprint density at radius 2 is 2.18 bits per heavy atom. The molecule has 0 aromatic rings. The van der Waals surface area contributed by atoms with Crippen LogP contribution in [-0.2, 0) is 4.74 Å². The van der Waals surface area contributed by atoms with Crippen LogP contribution in [0.1, 0.15) is 13.3 Å². The number of hydrogen-bond donors (Lipinski definition) is 2. The minimum absolute atomic E-state index is 0.162. The number of aliphatic hydroxyl groups is 2. The second-order valence-electron chi connectivity index (χ2n) is 2.69. The normalized spacial score (nSPS) is 16.0. The third kappa shape index (κ3) is 4.14. The zero-order valence-corrected chi connectivity index (χ0v) is 7.08. The van der Waals surface area contributed by atoms with E-state index >= 15 is 0 Å². The van der Waals surface area contributed by atoms with E-state index in [1.165, 1.54) is 7.11 Å². The lowest BCUT2D eigenvalue weighted by Crippen LogP contribution is -2.31. The minimum atomic E-state index is -0.650. The van der Waals surface area contributed by atoms with E-state index in [9.17, 15) is 5.11 Å². The first-order chi connectivity index (χ1) is 5.11. The first-order valence-electron chi connectivity index (χ1n) is 3.58. The number of methoxy groups -OCH3 is 1. The van der Waals surface area contributed by atoms with Crippen LogP contribution in [0.25, 0.3) is 0 Å². The van der Waals surface area contributed by atoms with Gasteiger partial charge in [0, 0.05) is 7.11 Å². The van der Waals surface area contributed by atoms with E-state index in [4.69, 9.17) is 9.84 Å². The maximum absolute atomic E-state index is 9.33. The van der Waals surface area contributed by atoms with E-state index in [1.807, 2.05) is 6.92 Å². The summed E-state index contributed by atoms with van der Waals surface area (Å²) >= 11 is 0. The molecular formula is C8H16O3. The quantitative estimate of drug-likeness (QED) is 0.569. The molecule has 0 fully saturated rings. The zero-order valence-electron chi connectivity index (χ0n) is 7.08. The van der Waals surface area contributed by atoms with Gasteiger partial charge in [-0.25, -0.2) is 0 Å². The van der Waals surface area contributed by atoms with Gasteiger partial charge < -0.3 is 14.9 Å². The highest BCUT2D eigenvalue weighted by molar-refractivity contribution is 4.92. The van der Waals surface area contributed by atoms with Gasteiger partial charge in [0.1, 0.15) is 6.10 Å². The van der Waals surface area contributed by atoms with E-state index in [0.717, 1.165) is 5.57 Å². The molecule has 0 aromatic heterocycles. The molecule has 0 rings (SSSR count). The Morgan fingerprint density at radius 3 is 2.45 bits per heavy atom. The van der Waals surface area contributed by atoms with Crippen molar-refractivity contribution in [1.29, 1.82) is 0 Å². The fourth-order valence-electron chi connectivity index (χ4n) is 0.842. The predicted molar refractivity (Wildman–Crippen MR) is 43.3 cm³/mol. The van der Waals surface area contributed by atoms with Gasteiger partial charge in [-0.2, -0.15) is 0 Å². The van der Waals surface area contributed by atoms with Crippen LogP contribution in [0, 0.1) is 0 Å². The molecule has 0 aliphatic rings. The van der Waals surface area contributed by atoms with E-state index in [0.29, 0.717) is 6.42 Å². The van der Waals surface area contributed by atoms with Crippen LogP contribution in [0.15, 0.2) is 12.2 Å². The summed E-state index contributed by atoms with van der Waals surface area (Å²) in [7, 11) is 1.46. The topological polar surface area (TPSA) is 49.7 Å². The molecule has 2 atom stereocenters. The van der Waals surface area contributed by atoms with Gasteiger partial charge in [0.05, 0.1) is 12.7 Å². The Balaban J connectivity index is 3.78.